The van der Waals surface area contributed by atoms with Gasteiger partial charge in [-0.3, -0.25) is 4.79 Å². The first-order valence-corrected chi connectivity index (χ1v) is 16.6. The minimum atomic E-state index is -3.85. The molecule has 0 saturated carbocycles. The highest BCUT2D eigenvalue weighted by Gasteiger charge is 2.28. The maximum Gasteiger partial charge on any atom is 0.241 e. The molecule has 42 heavy (non-hydrogen) atoms. The lowest BCUT2D eigenvalue weighted by Gasteiger charge is -2.28. The van der Waals surface area contributed by atoms with Crippen molar-refractivity contribution in [2.45, 2.75) is 75.9 Å². The fourth-order valence-corrected chi connectivity index (χ4v) is 7.44. The predicted octanol–water partition coefficient (Wildman–Crippen LogP) is 5.70. The Morgan fingerprint density at radius 3 is 2.52 bits per heavy atom. The van der Waals surface area contributed by atoms with Gasteiger partial charge in [-0.2, -0.15) is 0 Å². The van der Waals surface area contributed by atoms with Gasteiger partial charge in [-0.25, -0.2) is 13.1 Å². The molecule has 2 aliphatic rings. The fraction of sp³-hybridized carbons (Fsp3) is 0.441. The van der Waals surface area contributed by atoms with Crippen LogP contribution in [0.15, 0.2) is 71.6 Å². The number of carbonyl (C=O) groups is 1. The second-order valence-corrected chi connectivity index (χ2v) is 13.9. The maximum atomic E-state index is 13.5. The van der Waals surface area contributed by atoms with E-state index in [0.29, 0.717) is 18.9 Å². The summed E-state index contributed by atoms with van der Waals surface area (Å²) in [5.41, 5.74) is 5.20. The Kier molecular flexibility index (Phi) is 9.66. The van der Waals surface area contributed by atoms with E-state index < -0.39 is 16.1 Å². The van der Waals surface area contributed by atoms with E-state index in [-0.39, 0.29) is 23.3 Å². The molecular formula is C34H43N3O4S. The first-order valence-electron chi connectivity index (χ1n) is 15.1. The van der Waals surface area contributed by atoms with Gasteiger partial charge < -0.3 is 15.0 Å². The van der Waals surface area contributed by atoms with Crippen molar-refractivity contribution in [3.05, 3.63) is 94.5 Å². The summed E-state index contributed by atoms with van der Waals surface area (Å²) in [5, 5.41) is 3.16. The van der Waals surface area contributed by atoms with Crippen molar-refractivity contribution in [2.75, 3.05) is 20.2 Å². The number of sulfonamides is 1. The smallest absolute Gasteiger partial charge is 0.241 e. The van der Waals surface area contributed by atoms with Crippen LogP contribution < -0.4 is 14.8 Å². The molecule has 0 radical (unpaired) electrons. The number of benzene rings is 3. The zero-order chi connectivity index (χ0) is 29.7. The number of ether oxygens (including phenoxy) is 1. The van der Waals surface area contributed by atoms with Gasteiger partial charge in [-0.05, 0) is 79.1 Å². The van der Waals surface area contributed by atoms with Crippen molar-refractivity contribution in [1.82, 2.24) is 14.9 Å². The van der Waals surface area contributed by atoms with Gasteiger partial charge in [0.2, 0.25) is 15.9 Å². The van der Waals surface area contributed by atoms with Crippen molar-refractivity contribution >= 4 is 15.9 Å². The van der Waals surface area contributed by atoms with E-state index in [1.807, 2.05) is 42.5 Å². The van der Waals surface area contributed by atoms with Crippen LogP contribution in [-0.2, 0) is 34.2 Å². The summed E-state index contributed by atoms with van der Waals surface area (Å²) in [6, 6.07) is 20.0. The summed E-state index contributed by atoms with van der Waals surface area (Å²) in [4.78, 5) is 16.0. The van der Waals surface area contributed by atoms with E-state index in [1.54, 1.807) is 12.1 Å². The molecule has 0 saturated heterocycles. The number of hydrogen-bond donors (Lipinski definition) is 2. The molecule has 2 atom stereocenters. The average Bonchev–Trinajstić information content (AvgIpc) is 2.96. The number of nitrogens with zero attached hydrogens (tertiary/aromatic N) is 1. The zero-order valence-electron chi connectivity index (χ0n) is 24.9. The Bertz CT molecular complexity index is 1490. The van der Waals surface area contributed by atoms with Gasteiger partial charge in [0.25, 0.3) is 0 Å². The van der Waals surface area contributed by atoms with E-state index in [2.05, 4.69) is 48.0 Å². The number of hydrogen-bond acceptors (Lipinski definition) is 5. The number of amides is 1. The summed E-state index contributed by atoms with van der Waals surface area (Å²) in [5.74, 6) is 1.18. The van der Waals surface area contributed by atoms with Crippen LogP contribution >= 0.6 is 0 Å². The van der Waals surface area contributed by atoms with Crippen LogP contribution in [0.5, 0.6) is 5.75 Å². The summed E-state index contributed by atoms with van der Waals surface area (Å²) in [7, 11) is -1.73. The lowest BCUT2D eigenvalue weighted by molar-refractivity contribution is -0.122. The molecular weight excluding hydrogens is 546 g/mol. The Balaban J connectivity index is 1.30. The molecule has 224 valence electrons. The summed E-state index contributed by atoms with van der Waals surface area (Å²) < 4.78 is 35.9. The molecule has 7 nitrogen and oxygen atoms in total. The van der Waals surface area contributed by atoms with Crippen LogP contribution in [0.1, 0.15) is 79.4 Å². The van der Waals surface area contributed by atoms with Gasteiger partial charge in [0.15, 0.2) is 0 Å². The molecule has 3 aromatic rings. The van der Waals surface area contributed by atoms with Gasteiger partial charge in [0, 0.05) is 31.5 Å². The Morgan fingerprint density at radius 1 is 1.00 bits per heavy atom. The van der Waals surface area contributed by atoms with Gasteiger partial charge in [0.1, 0.15) is 5.75 Å². The summed E-state index contributed by atoms with van der Waals surface area (Å²) in [6.45, 7) is 6.77. The SMILES string of the molecule is CC(C)CN(C)Cc1ccc2c(c1)OCCC2NC(=O)CC(NS(=O)(=O)c1ccc2c(c1)CCCC2)c1ccccc1. The Hall–Kier alpha value is -3.20. The van der Waals surface area contributed by atoms with E-state index in [1.165, 1.54) is 11.1 Å². The lowest BCUT2D eigenvalue weighted by atomic mass is 9.92. The van der Waals surface area contributed by atoms with Crippen LogP contribution in [0.2, 0.25) is 0 Å². The van der Waals surface area contributed by atoms with Crippen molar-refractivity contribution in [3.8, 4) is 5.75 Å². The van der Waals surface area contributed by atoms with E-state index in [0.717, 1.165) is 61.2 Å². The number of rotatable bonds is 11. The highest BCUT2D eigenvalue weighted by Crippen LogP contribution is 2.34. The van der Waals surface area contributed by atoms with Gasteiger partial charge in [0.05, 0.1) is 23.6 Å². The molecule has 1 aliphatic carbocycles. The minimum Gasteiger partial charge on any atom is -0.493 e. The van der Waals surface area contributed by atoms with E-state index in [4.69, 9.17) is 4.74 Å². The molecule has 1 heterocycles. The van der Waals surface area contributed by atoms with E-state index >= 15 is 0 Å². The van der Waals surface area contributed by atoms with Gasteiger partial charge in [-0.15, -0.1) is 0 Å². The third-order valence-corrected chi connectivity index (χ3v) is 9.57. The van der Waals surface area contributed by atoms with Crippen molar-refractivity contribution in [3.63, 3.8) is 0 Å². The van der Waals surface area contributed by atoms with E-state index in [9.17, 15) is 13.2 Å². The van der Waals surface area contributed by atoms with Crippen LogP contribution in [0, 0.1) is 5.92 Å². The number of nitrogens with one attached hydrogen (secondary N) is 2. The van der Waals surface area contributed by atoms with Crippen molar-refractivity contribution in [1.29, 1.82) is 0 Å². The van der Waals surface area contributed by atoms with Crippen molar-refractivity contribution in [2.24, 2.45) is 5.92 Å². The van der Waals surface area contributed by atoms with Crippen LogP contribution in [0.4, 0.5) is 0 Å². The van der Waals surface area contributed by atoms with Gasteiger partial charge >= 0.3 is 0 Å². The molecule has 1 aliphatic heterocycles. The molecule has 1 amide bonds. The standard InChI is InChI=1S/C34H43N3O4S/c1-24(2)22-37(3)23-25-13-16-30-31(17-18-41-33(30)19-25)35-34(38)21-32(27-10-5-4-6-11-27)36-42(39,40)29-15-14-26-9-7-8-12-28(26)20-29/h4-6,10-11,13-16,19-20,24,31-32,36H,7-9,12,17-18,21-23H2,1-3H3,(H,35,38). The fourth-order valence-electron chi connectivity index (χ4n) is 6.17. The van der Waals surface area contributed by atoms with Crippen LogP contribution in [-0.4, -0.2) is 39.4 Å². The first-order chi connectivity index (χ1) is 20.2. The highest BCUT2D eigenvalue weighted by molar-refractivity contribution is 7.89. The molecule has 5 rings (SSSR count). The van der Waals surface area contributed by atoms with Crippen LogP contribution in [0.3, 0.4) is 0 Å². The second kappa shape index (κ2) is 13.4. The van der Waals surface area contributed by atoms with Gasteiger partial charge in [-0.1, -0.05) is 62.4 Å². The molecule has 2 unspecified atom stereocenters. The normalized spacial score (nSPS) is 17.3. The molecule has 0 fully saturated rings. The number of fused-ring (bicyclic) bond motifs is 2. The second-order valence-electron chi connectivity index (χ2n) is 12.1. The Labute approximate surface area is 250 Å². The molecule has 0 aromatic heterocycles. The zero-order valence-corrected chi connectivity index (χ0v) is 25.8. The lowest BCUT2D eigenvalue weighted by Crippen LogP contribution is -2.36. The Morgan fingerprint density at radius 2 is 1.76 bits per heavy atom. The quantitative estimate of drug-likeness (QED) is 0.300. The highest BCUT2D eigenvalue weighted by atomic mass is 32.2. The van der Waals surface area contributed by atoms with Crippen LogP contribution in [0.25, 0.3) is 0 Å². The molecule has 0 spiro atoms. The monoisotopic (exact) mass is 589 g/mol. The maximum absolute atomic E-state index is 13.5. The molecule has 0 bridgehead atoms. The third-order valence-electron chi connectivity index (χ3n) is 8.10. The first kappa shape index (κ1) is 30.3. The summed E-state index contributed by atoms with van der Waals surface area (Å²) >= 11 is 0. The molecule has 3 aromatic carbocycles. The molecule has 8 heteroatoms. The molecule has 2 N–H and O–H groups in total. The topological polar surface area (TPSA) is 87.7 Å². The minimum absolute atomic E-state index is 0.0149. The van der Waals surface area contributed by atoms with Crippen molar-refractivity contribution < 1.29 is 17.9 Å². The largest absolute Gasteiger partial charge is 0.493 e. The number of carbonyl (C=O) groups excluding carboxylic acids is 1. The number of aryl methyl sites for hydroxylation is 2. The summed E-state index contributed by atoms with van der Waals surface area (Å²) in [6.07, 6.45) is 4.73. The predicted molar refractivity (Wildman–Crippen MR) is 166 cm³/mol. The third kappa shape index (κ3) is 7.60. The average molecular weight is 590 g/mol.